The van der Waals surface area contributed by atoms with Gasteiger partial charge in [0, 0.05) is 25.3 Å². The Morgan fingerprint density at radius 2 is 1.40 bits per heavy atom. The molecule has 0 aliphatic rings. The fourth-order valence-corrected chi connectivity index (χ4v) is 4.94. The second kappa shape index (κ2) is 10.9. The maximum atomic E-state index is 12.5. The molecule has 2 N–H and O–H groups in total. The Kier molecular flexibility index (Phi) is 8.15. The van der Waals surface area contributed by atoms with Crippen LogP contribution >= 0.6 is 0 Å². The Morgan fingerprint density at radius 3 is 1.97 bits per heavy atom. The quantitative estimate of drug-likeness (QED) is 0.399. The first-order chi connectivity index (χ1) is 16.5. The van der Waals surface area contributed by atoms with Crippen LogP contribution in [0.1, 0.15) is 15.9 Å². The minimum Gasteiger partial charge on any atom is -0.492 e. The van der Waals surface area contributed by atoms with E-state index in [-0.39, 0.29) is 28.8 Å². The minimum absolute atomic E-state index is 0.152. The first kappa shape index (κ1) is 26.2. The lowest BCUT2D eigenvalue weighted by atomic mass is 10.2. The van der Waals surface area contributed by atoms with Crippen molar-refractivity contribution in [1.82, 2.24) is 9.62 Å². The zero-order chi connectivity index (χ0) is 25.6. The van der Waals surface area contributed by atoms with Crippen LogP contribution < -0.4 is 14.8 Å². The zero-order valence-electron chi connectivity index (χ0n) is 19.6. The largest absolute Gasteiger partial charge is 0.492 e. The van der Waals surface area contributed by atoms with Crippen LogP contribution in [0.2, 0.25) is 0 Å². The minimum atomic E-state index is -3.73. The van der Waals surface area contributed by atoms with Crippen LogP contribution in [0.25, 0.3) is 0 Å². The lowest BCUT2D eigenvalue weighted by molar-refractivity contribution is 0.0947. The van der Waals surface area contributed by atoms with Crippen LogP contribution in [-0.4, -0.2) is 54.3 Å². The van der Waals surface area contributed by atoms with Crippen molar-refractivity contribution in [3.05, 3.63) is 83.9 Å². The molecule has 9 nitrogen and oxygen atoms in total. The number of hydrogen-bond donors (Lipinski definition) is 2. The van der Waals surface area contributed by atoms with Crippen LogP contribution in [0.15, 0.2) is 82.6 Å². The Bertz CT molecular complexity index is 1370. The number of ether oxygens (including phenoxy) is 1. The Hall–Kier alpha value is -3.41. The van der Waals surface area contributed by atoms with E-state index < -0.39 is 20.0 Å². The summed E-state index contributed by atoms with van der Waals surface area (Å²) in [5.74, 6) is 0.135. The van der Waals surface area contributed by atoms with E-state index in [9.17, 15) is 21.6 Å². The molecule has 0 unspecified atom stereocenters. The van der Waals surface area contributed by atoms with E-state index in [1.54, 1.807) is 24.3 Å². The van der Waals surface area contributed by atoms with Crippen LogP contribution in [0.4, 0.5) is 5.69 Å². The zero-order valence-corrected chi connectivity index (χ0v) is 21.2. The number of amides is 1. The smallest absolute Gasteiger partial charge is 0.261 e. The van der Waals surface area contributed by atoms with Crippen molar-refractivity contribution in [2.45, 2.75) is 16.7 Å². The van der Waals surface area contributed by atoms with E-state index in [0.717, 1.165) is 9.87 Å². The van der Waals surface area contributed by atoms with E-state index in [1.165, 1.54) is 62.6 Å². The molecule has 0 aromatic heterocycles. The van der Waals surface area contributed by atoms with Gasteiger partial charge in [-0.15, -0.1) is 0 Å². The van der Waals surface area contributed by atoms with Gasteiger partial charge in [-0.1, -0.05) is 17.7 Å². The number of benzene rings is 3. The van der Waals surface area contributed by atoms with Crippen LogP contribution in [0.5, 0.6) is 5.75 Å². The number of hydrogen-bond acceptors (Lipinski definition) is 6. The molecule has 0 spiro atoms. The summed E-state index contributed by atoms with van der Waals surface area (Å²) in [5, 5.41) is 2.71. The first-order valence-electron chi connectivity index (χ1n) is 10.6. The Labute approximate surface area is 205 Å². The molecular weight excluding hydrogens is 490 g/mol. The van der Waals surface area contributed by atoms with Gasteiger partial charge in [0.25, 0.3) is 15.9 Å². The molecule has 0 saturated carbocycles. The van der Waals surface area contributed by atoms with E-state index in [0.29, 0.717) is 17.0 Å². The van der Waals surface area contributed by atoms with E-state index in [1.807, 2.05) is 6.92 Å². The number of nitrogens with zero attached hydrogens (tertiary/aromatic N) is 1. The summed E-state index contributed by atoms with van der Waals surface area (Å²) in [7, 11) is -4.32. The van der Waals surface area contributed by atoms with Gasteiger partial charge in [-0.2, -0.15) is 0 Å². The Morgan fingerprint density at radius 1 is 0.829 bits per heavy atom. The van der Waals surface area contributed by atoms with Crippen molar-refractivity contribution < 1.29 is 26.4 Å². The molecule has 3 aromatic carbocycles. The molecule has 35 heavy (non-hydrogen) atoms. The van der Waals surface area contributed by atoms with Crippen molar-refractivity contribution in [3.63, 3.8) is 0 Å². The average Bonchev–Trinajstić information content (AvgIpc) is 2.82. The molecule has 0 saturated heterocycles. The molecule has 3 rings (SSSR count). The number of nitrogens with one attached hydrogen (secondary N) is 2. The maximum Gasteiger partial charge on any atom is 0.261 e. The number of carbonyl (C=O) groups is 1. The topological polar surface area (TPSA) is 122 Å². The highest BCUT2D eigenvalue weighted by atomic mass is 32.2. The normalized spacial score (nSPS) is 11.8. The van der Waals surface area contributed by atoms with Crippen molar-refractivity contribution in [2.75, 3.05) is 32.0 Å². The van der Waals surface area contributed by atoms with Gasteiger partial charge in [0.15, 0.2) is 0 Å². The average molecular weight is 518 g/mol. The second-order valence-corrected chi connectivity index (χ2v) is 11.7. The predicted octanol–water partition coefficient (Wildman–Crippen LogP) is 2.85. The van der Waals surface area contributed by atoms with E-state index in [2.05, 4.69) is 10.0 Å². The molecule has 3 aromatic rings. The van der Waals surface area contributed by atoms with Crippen LogP contribution in [0, 0.1) is 6.92 Å². The van der Waals surface area contributed by atoms with Gasteiger partial charge in [0.2, 0.25) is 10.0 Å². The first-order valence-corrected chi connectivity index (χ1v) is 13.5. The van der Waals surface area contributed by atoms with Crippen molar-refractivity contribution in [3.8, 4) is 5.75 Å². The molecule has 0 bridgehead atoms. The monoisotopic (exact) mass is 517 g/mol. The van der Waals surface area contributed by atoms with Gasteiger partial charge >= 0.3 is 0 Å². The summed E-state index contributed by atoms with van der Waals surface area (Å²) in [6.45, 7) is 2.27. The fraction of sp³-hybridized carbons (Fsp3) is 0.208. The molecular formula is C24H27N3O6S2. The third-order valence-electron chi connectivity index (χ3n) is 4.99. The summed E-state index contributed by atoms with van der Waals surface area (Å²) in [6.07, 6.45) is 0. The molecule has 186 valence electrons. The summed E-state index contributed by atoms with van der Waals surface area (Å²) in [4.78, 5) is 12.7. The SMILES string of the molecule is Cc1ccc(S(=O)(=O)Nc2ccc(C(=O)NCCOc3ccc(S(=O)(=O)N(C)C)cc3)cc2)cc1. The number of anilines is 1. The van der Waals surface area contributed by atoms with Gasteiger partial charge in [-0.3, -0.25) is 9.52 Å². The maximum absolute atomic E-state index is 12.5. The third-order valence-corrected chi connectivity index (χ3v) is 8.22. The van der Waals surface area contributed by atoms with Crippen molar-refractivity contribution >= 4 is 31.6 Å². The molecule has 1 amide bonds. The van der Waals surface area contributed by atoms with Gasteiger partial charge in [-0.25, -0.2) is 21.1 Å². The van der Waals surface area contributed by atoms with Gasteiger partial charge in [0.05, 0.1) is 16.3 Å². The van der Waals surface area contributed by atoms with Crippen LogP contribution in [-0.2, 0) is 20.0 Å². The third kappa shape index (κ3) is 6.81. The molecule has 0 atom stereocenters. The number of carbonyl (C=O) groups excluding carboxylic acids is 1. The van der Waals surface area contributed by atoms with Crippen molar-refractivity contribution in [1.29, 1.82) is 0 Å². The molecule has 0 aliphatic carbocycles. The van der Waals surface area contributed by atoms with E-state index in [4.69, 9.17) is 4.74 Å². The highest BCUT2D eigenvalue weighted by molar-refractivity contribution is 7.92. The lowest BCUT2D eigenvalue weighted by Crippen LogP contribution is -2.28. The highest BCUT2D eigenvalue weighted by Gasteiger charge is 2.17. The molecule has 0 aliphatic heterocycles. The van der Waals surface area contributed by atoms with Gasteiger partial charge in [0.1, 0.15) is 12.4 Å². The summed E-state index contributed by atoms with van der Waals surface area (Å²) >= 11 is 0. The number of aryl methyl sites for hydroxylation is 1. The summed E-state index contributed by atoms with van der Waals surface area (Å²) < 4.78 is 58.3. The highest BCUT2D eigenvalue weighted by Crippen LogP contribution is 2.19. The second-order valence-electron chi connectivity index (χ2n) is 7.86. The molecule has 0 heterocycles. The van der Waals surface area contributed by atoms with Crippen LogP contribution in [0.3, 0.4) is 0 Å². The standard InChI is InChI=1S/C24H27N3O6S2/c1-18-4-12-22(13-5-18)34(29,30)26-20-8-6-19(7-9-20)24(28)25-16-17-33-21-10-14-23(15-11-21)35(31,32)27(2)3/h4-15,26H,16-17H2,1-3H3,(H,25,28). The lowest BCUT2D eigenvalue weighted by Gasteiger charge is -2.12. The Balaban J connectivity index is 1.49. The van der Waals surface area contributed by atoms with Crippen molar-refractivity contribution in [2.24, 2.45) is 0 Å². The number of rotatable bonds is 10. The fourth-order valence-electron chi connectivity index (χ4n) is 2.98. The summed E-state index contributed by atoms with van der Waals surface area (Å²) in [5.41, 5.74) is 1.66. The molecule has 0 radical (unpaired) electrons. The predicted molar refractivity (Wildman–Crippen MR) is 134 cm³/mol. The van der Waals surface area contributed by atoms with Gasteiger partial charge < -0.3 is 10.1 Å². The molecule has 0 fully saturated rings. The number of sulfonamides is 2. The summed E-state index contributed by atoms with van der Waals surface area (Å²) in [6, 6.07) is 18.6. The van der Waals surface area contributed by atoms with E-state index >= 15 is 0 Å². The van der Waals surface area contributed by atoms with Gasteiger partial charge in [-0.05, 0) is 67.6 Å². The molecule has 11 heteroatoms.